The third-order valence-electron chi connectivity index (χ3n) is 5.31. The Morgan fingerprint density at radius 1 is 1.17 bits per heavy atom. The molecule has 3 aromatic rings. The van der Waals surface area contributed by atoms with Crippen molar-refractivity contribution >= 4 is 23.6 Å². The Morgan fingerprint density at radius 3 is 2.83 bits per heavy atom. The second-order valence-corrected chi connectivity index (χ2v) is 7.29. The zero-order chi connectivity index (χ0) is 20.5. The molecule has 9 nitrogen and oxygen atoms in total. The lowest BCUT2D eigenvalue weighted by Gasteiger charge is -2.36. The normalized spacial score (nSPS) is 15.4. The van der Waals surface area contributed by atoms with Crippen molar-refractivity contribution in [3.05, 3.63) is 53.8 Å². The van der Waals surface area contributed by atoms with Crippen molar-refractivity contribution < 1.29 is 9.32 Å². The second kappa shape index (κ2) is 7.58. The quantitative estimate of drug-likeness (QED) is 0.718. The summed E-state index contributed by atoms with van der Waals surface area (Å²) in [6.07, 6.45) is 6.67. The zero-order valence-corrected chi connectivity index (χ0v) is 16.6. The summed E-state index contributed by atoms with van der Waals surface area (Å²) in [5, 5.41) is 6.90. The Kier molecular flexibility index (Phi) is 4.62. The molecule has 0 atom stereocenters. The number of hydrogen-bond acceptors (Lipinski definition) is 7. The average Bonchev–Trinajstić information content (AvgIpc) is 3.43. The molecule has 1 fully saturated rings. The number of urea groups is 1. The molecule has 1 aliphatic carbocycles. The molecule has 0 radical (unpaired) electrons. The van der Waals surface area contributed by atoms with Gasteiger partial charge in [0.2, 0.25) is 11.7 Å². The molecular formula is C21H21N7O2. The van der Waals surface area contributed by atoms with E-state index in [1.165, 1.54) is 0 Å². The van der Waals surface area contributed by atoms with Crippen molar-refractivity contribution in [2.75, 3.05) is 36.4 Å². The van der Waals surface area contributed by atoms with Crippen LogP contribution >= 0.6 is 0 Å². The van der Waals surface area contributed by atoms with E-state index in [1.54, 1.807) is 13.3 Å². The van der Waals surface area contributed by atoms with Crippen LogP contribution in [0.2, 0.25) is 0 Å². The van der Waals surface area contributed by atoms with Crippen LogP contribution in [0, 0.1) is 6.92 Å². The maximum Gasteiger partial charge on any atom is 0.321 e. The molecule has 2 aromatic heterocycles. The van der Waals surface area contributed by atoms with Crippen LogP contribution in [-0.2, 0) is 6.42 Å². The van der Waals surface area contributed by atoms with E-state index in [9.17, 15) is 4.79 Å². The van der Waals surface area contributed by atoms with Gasteiger partial charge in [0.25, 0.3) is 0 Å². The maximum atomic E-state index is 12.8. The Labute approximate surface area is 173 Å². The predicted molar refractivity (Wildman–Crippen MR) is 112 cm³/mol. The Morgan fingerprint density at radius 2 is 2.03 bits per heavy atom. The molecule has 3 heterocycles. The first-order valence-electron chi connectivity index (χ1n) is 9.89. The van der Waals surface area contributed by atoms with Gasteiger partial charge in [0.1, 0.15) is 12.1 Å². The molecule has 30 heavy (non-hydrogen) atoms. The van der Waals surface area contributed by atoms with Gasteiger partial charge in [0.05, 0.1) is 5.69 Å². The van der Waals surface area contributed by atoms with E-state index in [4.69, 9.17) is 4.52 Å². The van der Waals surface area contributed by atoms with Crippen LogP contribution in [0.4, 0.5) is 16.3 Å². The summed E-state index contributed by atoms with van der Waals surface area (Å²) >= 11 is 0. The highest BCUT2D eigenvalue weighted by atomic mass is 16.5. The molecule has 0 unspecified atom stereocenters. The summed E-state index contributed by atoms with van der Waals surface area (Å²) in [6.45, 7) is 4.45. The zero-order valence-electron chi connectivity index (χ0n) is 16.6. The number of piperazine rings is 1. The van der Waals surface area contributed by atoms with E-state index < -0.39 is 0 Å². The summed E-state index contributed by atoms with van der Waals surface area (Å²) in [5.74, 6) is 1.96. The van der Waals surface area contributed by atoms with Gasteiger partial charge in [-0.25, -0.2) is 14.8 Å². The van der Waals surface area contributed by atoms with Gasteiger partial charge in [-0.15, -0.1) is 0 Å². The second-order valence-electron chi connectivity index (χ2n) is 7.29. The van der Waals surface area contributed by atoms with Crippen LogP contribution < -0.4 is 10.2 Å². The number of amides is 2. The number of aromatic nitrogens is 4. The van der Waals surface area contributed by atoms with E-state index in [-0.39, 0.29) is 6.03 Å². The maximum absolute atomic E-state index is 12.8. The average molecular weight is 403 g/mol. The summed E-state index contributed by atoms with van der Waals surface area (Å²) < 4.78 is 5.03. The number of hydrogen-bond donors (Lipinski definition) is 1. The van der Waals surface area contributed by atoms with Crippen LogP contribution in [0.25, 0.3) is 17.5 Å². The van der Waals surface area contributed by atoms with Crippen molar-refractivity contribution in [3.63, 3.8) is 0 Å². The molecule has 2 aliphatic rings. The van der Waals surface area contributed by atoms with E-state index >= 15 is 0 Å². The van der Waals surface area contributed by atoms with Gasteiger partial charge in [-0.05, 0) is 12.1 Å². The molecule has 1 aliphatic heterocycles. The van der Waals surface area contributed by atoms with E-state index in [1.807, 2.05) is 29.2 Å². The van der Waals surface area contributed by atoms with Crippen molar-refractivity contribution in [1.29, 1.82) is 0 Å². The number of nitrogens with one attached hydrogen (secondary N) is 1. The number of carbonyl (C=O) groups excluding carboxylic acids is 1. The van der Waals surface area contributed by atoms with E-state index in [0.717, 1.165) is 42.1 Å². The monoisotopic (exact) mass is 403 g/mol. The van der Waals surface area contributed by atoms with Gasteiger partial charge in [-0.2, -0.15) is 4.98 Å². The van der Waals surface area contributed by atoms with Crippen LogP contribution in [-0.4, -0.2) is 57.2 Å². The van der Waals surface area contributed by atoms with Crippen LogP contribution in [0.5, 0.6) is 0 Å². The molecule has 2 amide bonds. The van der Waals surface area contributed by atoms with Gasteiger partial charge in [0, 0.05) is 56.3 Å². The minimum Gasteiger partial charge on any atom is -0.352 e. The highest BCUT2D eigenvalue weighted by Crippen LogP contribution is 2.27. The lowest BCUT2D eigenvalue weighted by atomic mass is 10.2. The number of nitrogens with zero attached hydrogens (tertiary/aromatic N) is 6. The fourth-order valence-electron chi connectivity index (χ4n) is 3.77. The molecule has 1 saturated heterocycles. The molecule has 9 heteroatoms. The highest BCUT2D eigenvalue weighted by Gasteiger charge is 2.25. The molecule has 1 aromatic carbocycles. The molecule has 152 valence electrons. The summed E-state index contributed by atoms with van der Waals surface area (Å²) in [5.41, 5.74) is 3.65. The third-order valence-corrected chi connectivity index (χ3v) is 5.31. The number of anilines is 2. The largest absolute Gasteiger partial charge is 0.352 e. The Hall–Kier alpha value is -3.75. The van der Waals surface area contributed by atoms with Crippen LogP contribution in [0.15, 0.2) is 41.2 Å². The third kappa shape index (κ3) is 3.49. The smallest absolute Gasteiger partial charge is 0.321 e. The van der Waals surface area contributed by atoms with Gasteiger partial charge in [-0.1, -0.05) is 29.4 Å². The lowest BCUT2D eigenvalue weighted by Crippen LogP contribution is -2.50. The van der Waals surface area contributed by atoms with E-state index in [2.05, 4.69) is 42.5 Å². The van der Waals surface area contributed by atoms with E-state index in [0.29, 0.717) is 30.5 Å². The number of allylic oxidation sites excluding steroid dienone is 1. The number of benzene rings is 1. The standard InChI is InChI=1S/C21H21N7O2/c1-14-24-19(26-30-14)15-4-2-5-16(12-15)25-21(29)28-10-8-27(9-11-28)20-17-6-3-7-18(17)22-13-23-20/h2-6,12-13H,7-11H2,1H3,(H,25,29). The van der Waals surface area contributed by atoms with Gasteiger partial charge in [0.15, 0.2) is 0 Å². The number of fused-ring (bicyclic) bond motifs is 1. The first kappa shape index (κ1) is 18.3. The SMILES string of the molecule is Cc1nc(-c2cccc(NC(=O)N3CCN(c4ncnc5c4C=CC5)CC3)c2)no1. The molecule has 1 N–H and O–H groups in total. The predicted octanol–water partition coefficient (Wildman–Crippen LogP) is 2.76. The topological polar surface area (TPSA) is 100 Å². The lowest BCUT2D eigenvalue weighted by molar-refractivity contribution is 0.208. The Bertz CT molecular complexity index is 1120. The molecular weight excluding hydrogens is 382 g/mol. The number of carbonyl (C=O) groups is 1. The van der Waals surface area contributed by atoms with Gasteiger partial charge >= 0.3 is 6.03 Å². The van der Waals surface area contributed by atoms with Crippen molar-refractivity contribution in [2.24, 2.45) is 0 Å². The fraction of sp³-hybridized carbons (Fsp3) is 0.286. The summed E-state index contributed by atoms with van der Waals surface area (Å²) in [4.78, 5) is 29.9. The number of aryl methyl sites for hydroxylation is 1. The first-order valence-corrected chi connectivity index (χ1v) is 9.89. The van der Waals surface area contributed by atoms with Gasteiger partial charge < -0.3 is 19.6 Å². The first-order chi connectivity index (χ1) is 14.7. The number of rotatable bonds is 3. The Balaban J connectivity index is 1.23. The van der Waals surface area contributed by atoms with Crippen molar-refractivity contribution in [3.8, 4) is 11.4 Å². The summed E-state index contributed by atoms with van der Waals surface area (Å²) in [6, 6.07) is 7.31. The summed E-state index contributed by atoms with van der Waals surface area (Å²) in [7, 11) is 0. The molecule has 0 spiro atoms. The van der Waals surface area contributed by atoms with Crippen LogP contribution in [0.3, 0.4) is 0 Å². The van der Waals surface area contributed by atoms with Crippen LogP contribution in [0.1, 0.15) is 17.1 Å². The molecule has 0 saturated carbocycles. The fourth-order valence-corrected chi connectivity index (χ4v) is 3.77. The van der Waals surface area contributed by atoms with Crippen molar-refractivity contribution in [1.82, 2.24) is 25.0 Å². The molecule has 0 bridgehead atoms. The minimum atomic E-state index is -0.121. The van der Waals surface area contributed by atoms with Gasteiger partial charge in [-0.3, -0.25) is 0 Å². The molecule has 5 rings (SSSR count). The highest BCUT2D eigenvalue weighted by molar-refractivity contribution is 5.90. The van der Waals surface area contributed by atoms with Crippen molar-refractivity contribution in [2.45, 2.75) is 13.3 Å². The minimum absolute atomic E-state index is 0.121.